The number of piperidine rings is 1. The third-order valence-corrected chi connectivity index (χ3v) is 4.19. The van der Waals surface area contributed by atoms with E-state index in [2.05, 4.69) is 26.2 Å². The molecule has 1 aliphatic heterocycles. The van der Waals surface area contributed by atoms with E-state index in [1.807, 2.05) is 31.2 Å². The highest BCUT2D eigenvalue weighted by atomic mass is 79.9. The molecule has 0 unspecified atom stereocenters. The van der Waals surface area contributed by atoms with Crippen LogP contribution in [0, 0.1) is 0 Å². The summed E-state index contributed by atoms with van der Waals surface area (Å²) in [6.07, 6.45) is 1.44. The number of aliphatic imine (C=N–C) groups is 1. The van der Waals surface area contributed by atoms with Crippen LogP contribution < -0.4 is 11.1 Å². The van der Waals surface area contributed by atoms with E-state index in [1.165, 1.54) is 0 Å². The second-order valence-electron chi connectivity index (χ2n) is 5.44. The topological polar surface area (TPSA) is 80.0 Å². The van der Waals surface area contributed by atoms with Crippen molar-refractivity contribution in [3.05, 3.63) is 34.3 Å². The number of hydrogen-bond acceptors (Lipinski definition) is 3. The van der Waals surface area contributed by atoms with E-state index in [1.54, 1.807) is 4.90 Å². The molecule has 1 saturated heterocycles. The second kappa shape index (κ2) is 8.76. The second-order valence-corrected chi connectivity index (χ2v) is 6.35. The average molecular weight is 383 g/mol. The van der Waals surface area contributed by atoms with Gasteiger partial charge in [0.2, 0.25) is 0 Å². The summed E-state index contributed by atoms with van der Waals surface area (Å²) in [5.41, 5.74) is 7.05. The van der Waals surface area contributed by atoms with Gasteiger partial charge in [-0.25, -0.2) is 9.79 Å². The van der Waals surface area contributed by atoms with Crippen molar-refractivity contribution < 1.29 is 9.53 Å². The molecule has 1 heterocycles. The monoisotopic (exact) mass is 382 g/mol. The van der Waals surface area contributed by atoms with Gasteiger partial charge in [0.05, 0.1) is 13.2 Å². The number of nitrogens with two attached hydrogens (primary N) is 1. The number of halogens is 1. The summed E-state index contributed by atoms with van der Waals surface area (Å²) in [7, 11) is 0. The first kappa shape index (κ1) is 17.6. The van der Waals surface area contributed by atoms with E-state index < -0.39 is 0 Å². The summed E-state index contributed by atoms with van der Waals surface area (Å²) < 4.78 is 6.04. The Morgan fingerprint density at radius 3 is 2.87 bits per heavy atom. The Bertz CT molecular complexity index is 557. The van der Waals surface area contributed by atoms with Crippen LogP contribution in [0.3, 0.4) is 0 Å². The van der Waals surface area contributed by atoms with E-state index in [4.69, 9.17) is 10.5 Å². The summed E-state index contributed by atoms with van der Waals surface area (Å²) in [5.74, 6) is 0.444. The summed E-state index contributed by atoms with van der Waals surface area (Å²) in [6, 6.07) is 8.23. The van der Waals surface area contributed by atoms with Crippen LogP contribution in [0.4, 0.5) is 4.79 Å². The molecule has 126 valence electrons. The quantitative estimate of drug-likeness (QED) is 0.619. The van der Waals surface area contributed by atoms with Crippen LogP contribution in [-0.2, 0) is 11.3 Å². The van der Waals surface area contributed by atoms with Gasteiger partial charge < -0.3 is 20.7 Å². The van der Waals surface area contributed by atoms with Gasteiger partial charge in [0, 0.05) is 23.6 Å². The minimum absolute atomic E-state index is 0.234. The molecular weight excluding hydrogens is 360 g/mol. The lowest BCUT2D eigenvalue weighted by Crippen LogP contribution is -2.48. The minimum Gasteiger partial charge on any atom is -0.450 e. The van der Waals surface area contributed by atoms with Crippen LogP contribution in [0.25, 0.3) is 0 Å². The summed E-state index contributed by atoms with van der Waals surface area (Å²) in [5, 5.41) is 3.23. The van der Waals surface area contributed by atoms with Crippen molar-refractivity contribution >= 4 is 28.0 Å². The average Bonchev–Trinajstić information content (AvgIpc) is 2.54. The van der Waals surface area contributed by atoms with E-state index in [0.717, 1.165) is 22.9 Å². The molecule has 23 heavy (non-hydrogen) atoms. The van der Waals surface area contributed by atoms with Gasteiger partial charge in [-0.15, -0.1) is 0 Å². The fourth-order valence-corrected chi connectivity index (χ4v) is 2.93. The molecule has 0 aliphatic carbocycles. The number of nitrogens with one attached hydrogen (secondary N) is 1. The molecule has 2 rings (SSSR count). The first-order chi connectivity index (χ1) is 11.1. The lowest BCUT2D eigenvalue weighted by molar-refractivity contribution is 0.0963. The largest absolute Gasteiger partial charge is 0.450 e. The van der Waals surface area contributed by atoms with Crippen LogP contribution >= 0.6 is 15.9 Å². The maximum atomic E-state index is 11.6. The SMILES string of the molecule is CCOC(=O)N1CCC(NC(N)=NCc2cccc(Br)c2)CC1. The molecule has 0 saturated carbocycles. The maximum Gasteiger partial charge on any atom is 0.409 e. The van der Waals surface area contributed by atoms with Crippen molar-refractivity contribution in [3.63, 3.8) is 0 Å². The number of benzene rings is 1. The lowest BCUT2D eigenvalue weighted by Gasteiger charge is -2.31. The number of likely N-dealkylation sites (tertiary alicyclic amines) is 1. The predicted octanol–water partition coefficient (Wildman–Crippen LogP) is 2.47. The van der Waals surface area contributed by atoms with Gasteiger partial charge in [-0.05, 0) is 37.5 Å². The number of nitrogens with zero attached hydrogens (tertiary/aromatic N) is 2. The maximum absolute atomic E-state index is 11.6. The number of carbonyl (C=O) groups is 1. The summed E-state index contributed by atoms with van der Waals surface area (Å²) in [6.45, 7) is 4.12. The first-order valence-corrected chi connectivity index (χ1v) is 8.60. The van der Waals surface area contributed by atoms with Crippen molar-refractivity contribution in [2.24, 2.45) is 10.7 Å². The van der Waals surface area contributed by atoms with E-state index in [9.17, 15) is 4.79 Å². The highest BCUT2D eigenvalue weighted by Crippen LogP contribution is 2.13. The number of hydrogen-bond donors (Lipinski definition) is 2. The highest BCUT2D eigenvalue weighted by Gasteiger charge is 2.23. The molecule has 0 atom stereocenters. The summed E-state index contributed by atoms with van der Waals surface area (Å²) >= 11 is 3.44. The van der Waals surface area contributed by atoms with Crippen molar-refractivity contribution in [1.82, 2.24) is 10.2 Å². The standard InChI is InChI=1S/C16H23BrN4O2/c1-2-23-16(22)21-8-6-14(7-9-21)20-15(18)19-11-12-4-3-5-13(17)10-12/h3-5,10,14H,2,6-9,11H2,1H3,(H3,18,19,20). The number of rotatable bonds is 4. The Kier molecular flexibility index (Phi) is 6.70. The Morgan fingerprint density at radius 2 is 2.22 bits per heavy atom. The Balaban J connectivity index is 1.77. The fraction of sp³-hybridized carbons (Fsp3) is 0.500. The van der Waals surface area contributed by atoms with Gasteiger partial charge in [0.25, 0.3) is 0 Å². The molecule has 1 aromatic carbocycles. The van der Waals surface area contributed by atoms with Crippen molar-refractivity contribution in [1.29, 1.82) is 0 Å². The van der Waals surface area contributed by atoms with Gasteiger partial charge in [-0.2, -0.15) is 0 Å². The van der Waals surface area contributed by atoms with Crippen molar-refractivity contribution in [2.45, 2.75) is 32.4 Å². The molecule has 0 bridgehead atoms. The number of amides is 1. The molecule has 0 radical (unpaired) electrons. The van der Waals surface area contributed by atoms with E-state index in [-0.39, 0.29) is 12.1 Å². The number of guanidine groups is 1. The van der Waals surface area contributed by atoms with Crippen LogP contribution in [0.2, 0.25) is 0 Å². The van der Waals surface area contributed by atoms with Crippen LogP contribution in [0.5, 0.6) is 0 Å². The van der Waals surface area contributed by atoms with E-state index in [0.29, 0.717) is 32.2 Å². The molecular formula is C16H23BrN4O2. The first-order valence-electron chi connectivity index (χ1n) is 7.81. The zero-order chi connectivity index (χ0) is 16.7. The molecule has 3 N–H and O–H groups in total. The third-order valence-electron chi connectivity index (χ3n) is 3.69. The van der Waals surface area contributed by atoms with Gasteiger partial charge in [-0.3, -0.25) is 0 Å². The highest BCUT2D eigenvalue weighted by molar-refractivity contribution is 9.10. The van der Waals surface area contributed by atoms with Crippen molar-refractivity contribution in [2.75, 3.05) is 19.7 Å². The van der Waals surface area contributed by atoms with Gasteiger partial charge in [-0.1, -0.05) is 28.1 Å². The molecule has 1 aliphatic rings. The van der Waals surface area contributed by atoms with Crippen LogP contribution in [-0.4, -0.2) is 42.7 Å². The Labute approximate surface area is 145 Å². The summed E-state index contributed by atoms with van der Waals surface area (Å²) in [4.78, 5) is 17.7. The van der Waals surface area contributed by atoms with Crippen LogP contribution in [0.15, 0.2) is 33.7 Å². The molecule has 6 nitrogen and oxygen atoms in total. The van der Waals surface area contributed by atoms with Gasteiger partial charge in [0.15, 0.2) is 5.96 Å². The molecule has 1 fully saturated rings. The van der Waals surface area contributed by atoms with Gasteiger partial charge in [0.1, 0.15) is 0 Å². The Morgan fingerprint density at radius 1 is 1.48 bits per heavy atom. The normalized spacial score (nSPS) is 16.3. The van der Waals surface area contributed by atoms with Crippen molar-refractivity contribution in [3.8, 4) is 0 Å². The zero-order valence-electron chi connectivity index (χ0n) is 13.3. The lowest BCUT2D eigenvalue weighted by atomic mass is 10.1. The minimum atomic E-state index is -0.234. The molecule has 0 spiro atoms. The van der Waals surface area contributed by atoms with Gasteiger partial charge >= 0.3 is 6.09 Å². The fourth-order valence-electron chi connectivity index (χ4n) is 2.49. The van der Waals surface area contributed by atoms with E-state index >= 15 is 0 Å². The molecule has 0 aromatic heterocycles. The zero-order valence-corrected chi connectivity index (χ0v) is 14.9. The predicted molar refractivity (Wildman–Crippen MR) is 94.2 cm³/mol. The smallest absolute Gasteiger partial charge is 0.409 e. The number of ether oxygens (including phenoxy) is 1. The molecule has 1 amide bonds. The molecule has 7 heteroatoms. The Hall–Kier alpha value is -1.76. The third kappa shape index (κ3) is 5.74. The molecule has 1 aromatic rings. The number of carbonyl (C=O) groups excluding carboxylic acids is 1. The van der Waals surface area contributed by atoms with Crippen LogP contribution in [0.1, 0.15) is 25.3 Å².